The van der Waals surface area contributed by atoms with Gasteiger partial charge < -0.3 is 10.1 Å². The van der Waals surface area contributed by atoms with Gasteiger partial charge in [0.25, 0.3) is 5.56 Å². The van der Waals surface area contributed by atoms with Crippen LogP contribution < -0.4 is 10.6 Å². The Balaban J connectivity index is 2.16. The van der Waals surface area contributed by atoms with Crippen molar-refractivity contribution in [3.63, 3.8) is 0 Å². The van der Waals surface area contributed by atoms with Gasteiger partial charge in [-0.1, -0.05) is 6.92 Å². The van der Waals surface area contributed by atoms with Crippen molar-refractivity contribution in [2.45, 2.75) is 45.6 Å². The molecule has 1 unspecified atom stereocenters. The molecule has 3 rings (SSSR count). The number of aromatic nitrogens is 2. The second kappa shape index (κ2) is 5.72. The highest BCUT2D eigenvalue weighted by Gasteiger charge is 2.25. The van der Waals surface area contributed by atoms with E-state index in [-0.39, 0.29) is 10.4 Å². The number of carboxylic acids is 1. The van der Waals surface area contributed by atoms with Crippen molar-refractivity contribution in [3.8, 4) is 0 Å². The van der Waals surface area contributed by atoms with Crippen molar-refractivity contribution in [2.24, 2.45) is 0 Å². The summed E-state index contributed by atoms with van der Waals surface area (Å²) in [7, 11) is 0. The number of thiophene rings is 1. The number of hydrogen-bond donors (Lipinski definition) is 1. The van der Waals surface area contributed by atoms with Gasteiger partial charge in [-0.25, -0.2) is 14.5 Å². The first-order chi connectivity index (χ1) is 10.5. The number of aryl methyl sites for hydroxylation is 1. The molecule has 0 amide bonds. The topological polar surface area (TPSA) is 75.4 Å². The lowest BCUT2D eigenvalue weighted by molar-refractivity contribution is 0.0701. The summed E-state index contributed by atoms with van der Waals surface area (Å²) in [5.74, 6) is -1.00. The van der Waals surface area contributed by atoms with Crippen LogP contribution in [0.1, 0.15) is 47.8 Å². The molecule has 118 valence electrons. The van der Waals surface area contributed by atoms with Crippen LogP contribution >= 0.6 is 11.3 Å². The molecular formula is C15H19N3O3S. The number of fused-ring (bicyclic) bond motifs is 1. The maximum atomic E-state index is 12.8. The summed E-state index contributed by atoms with van der Waals surface area (Å²) < 4.78 is 1.58. The number of rotatable bonds is 3. The fourth-order valence-corrected chi connectivity index (χ4v) is 4.16. The van der Waals surface area contributed by atoms with Gasteiger partial charge in [0.2, 0.25) is 0 Å². The first kappa shape index (κ1) is 15.0. The highest BCUT2D eigenvalue weighted by molar-refractivity contribution is 7.20. The largest absolute Gasteiger partial charge is 0.477 e. The van der Waals surface area contributed by atoms with Crippen molar-refractivity contribution in [1.82, 2.24) is 9.66 Å². The third kappa shape index (κ3) is 2.29. The molecule has 1 saturated heterocycles. The molecule has 0 radical (unpaired) electrons. The lowest BCUT2D eigenvalue weighted by Gasteiger charge is -2.37. The number of carboxylic acid groups (broad SMARTS) is 1. The number of carbonyl (C=O) groups is 1. The zero-order valence-electron chi connectivity index (χ0n) is 12.7. The standard InChI is InChI=1S/C15H19N3O3S/c1-3-10-6-4-5-7-17(10)18-8-16-13-11(14(18)19)9(2)12(22-13)15(20)21/h8,10H,3-7H2,1-2H3,(H,20,21). The smallest absolute Gasteiger partial charge is 0.346 e. The van der Waals surface area contributed by atoms with Gasteiger partial charge in [-0.3, -0.25) is 4.79 Å². The average molecular weight is 321 g/mol. The molecule has 1 aliphatic heterocycles. The van der Waals surface area contributed by atoms with Crippen LogP contribution in [0.4, 0.5) is 0 Å². The van der Waals surface area contributed by atoms with Crippen LogP contribution in [-0.2, 0) is 0 Å². The van der Waals surface area contributed by atoms with Gasteiger partial charge in [-0.05, 0) is 38.2 Å². The minimum absolute atomic E-state index is 0.161. The summed E-state index contributed by atoms with van der Waals surface area (Å²) in [6, 6.07) is 0.337. The van der Waals surface area contributed by atoms with E-state index in [1.807, 2.05) is 0 Å². The minimum atomic E-state index is -1.00. The lowest BCUT2D eigenvalue weighted by atomic mass is 10.0. The van der Waals surface area contributed by atoms with Crippen LogP contribution in [0.3, 0.4) is 0 Å². The van der Waals surface area contributed by atoms with E-state index in [1.165, 1.54) is 6.42 Å². The molecule has 2 aromatic rings. The molecule has 0 bridgehead atoms. The van der Waals surface area contributed by atoms with Gasteiger partial charge in [0.1, 0.15) is 16.0 Å². The van der Waals surface area contributed by atoms with Crippen molar-refractivity contribution in [3.05, 3.63) is 27.1 Å². The van der Waals surface area contributed by atoms with E-state index in [0.29, 0.717) is 21.8 Å². The average Bonchev–Trinajstić information content (AvgIpc) is 2.86. The van der Waals surface area contributed by atoms with Crippen LogP contribution in [0.15, 0.2) is 11.1 Å². The monoisotopic (exact) mass is 321 g/mol. The highest BCUT2D eigenvalue weighted by Crippen LogP contribution is 2.27. The predicted molar refractivity (Wildman–Crippen MR) is 86.6 cm³/mol. The fourth-order valence-electron chi connectivity index (χ4n) is 3.19. The van der Waals surface area contributed by atoms with E-state index in [9.17, 15) is 14.7 Å². The van der Waals surface area contributed by atoms with Gasteiger partial charge in [0, 0.05) is 12.6 Å². The Morgan fingerprint density at radius 3 is 2.95 bits per heavy atom. The van der Waals surface area contributed by atoms with Crippen LogP contribution in [0.25, 0.3) is 10.2 Å². The maximum Gasteiger partial charge on any atom is 0.346 e. The van der Waals surface area contributed by atoms with Crippen molar-refractivity contribution in [2.75, 3.05) is 11.6 Å². The number of aromatic carboxylic acids is 1. The van der Waals surface area contributed by atoms with E-state index >= 15 is 0 Å². The molecular weight excluding hydrogens is 302 g/mol. The quantitative estimate of drug-likeness (QED) is 0.939. The van der Waals surface area contributed by atoms with E-state index < -0.39 is 5.97 Å². The Hall–Kier alpha value is -1.89. The Labute approximate surface area is 132 Å². The van der Waals surface area contributed by atoms with Gasteiger partial charge in [-0.15, -0.1) is 11.3 Å². The van der Waals surface area contributed by atoms with Crippen LogP contribution in [0, 0.1) is 6.92 Å². The predicted octanol–water partition coefficient (Wildman–Crippen LogP) is 2.37. The first-order valence-electron chi connectivity index (χ1n) is 7.55. The van der Waals surface area contributed by atoms with Crippen molar-refractivity contribution in [1.29, 1.82) is 0 Å². The zero-order chi connectivity index (χ0) is 15.9. The SMILES string of the molecule is CCC1CCCCN1n1cnc2sc(C(=O)O)c(C)c2c1=O. The molecule has 1 fully saturated rings. The zero-order valence-corrected chi connectivity index (χ0v) is 13.5. The number of nitrogens with zero attached hydrogens (tertiary/aromatic N) is 3. The summed E-state index contributed by atoms with van der Waals surface area (Å²) in [6.45, 7) is 4.64. The summed E-state index contributed by atoms with van der Waals surface area (Å²) in [5, 5.41) is 11.7. The molecule has 22 heavy (non-hydrogen) atoms. The molecule has 0 aliphatic carbocycles. The van der Waals surface area contributed by atoms with Crippen molar-refractivity contribution < 1.29 is 9.90 Å². The van der Waals surface area contributed by atoms with E-state index in [4.69, 9.17) is 0 Å². The van der Waals surface area contributed by atoms with Gasteiger partial charge in [-0.2, -0.15) is 0 Å². The second-order valence-corrected chi connectivity index (χ2v) is 6.66. The molecule has 1 N–H and O–H groups in total. The van der Waals surface area contributed by atoms with Crippen LogP contribution in [-0.4, -0.2) is 33.3 Å². The summed E-state index contributed by atoms with van der Waals surface area (Å²) in [5.41, 5.74) is 0.357. The third-order valence-corrected chi connectivity index (χ3v) is 5.56. The third-order valence-electron chi connectivity index (χ3n) is 4.37. The molecule has 7 heteroatoms. The van der Waals surface area contributed by atoms with Crippen LogP contribution in [0.5, 0.6) is 0 Å². The second-order valence-electron chi connectivity index (χ2n) is 5.66. The summed E-state index contributed by atoms with van der Waals surface area (Å²) in [6.07, 6.45) is 5.84. The Kier molecular flexibility index (Phi) is 3.90. The normalized spacial score (nSPS) is 18.8. The molecule has 0 aromatic carbocycles. The first-order valence-corrected chi connectivity index (χ1v) is 8.37. The molecule has 1 atom stereocenters. The summed E-state index contributed by atoms with van der Waals surface area (Å²) in [4.78, 5) is 29.1. The number of hydrogen-bond acceptors (Lipinski definition) is 5. The Bertz CT molecular complexity index is 780. The Morgan fingerprint density at radius 1 is 1.50 bits per heavy atom. The van der Waals surface area contributed by atoms with Gasteiger partial charge in [0.15, 0.2) is 0 Å². The molecule has 3 heterocycles. The number of piperidine rings is 1. The van der Waals surface area contributed by atoms with Crippen LogP contribution in [0.2, 0.25) is 0 Å². The van der Waals surface area contributed by atoms with E-state index in [2.05, 4.69) is 16.9 Å². The van der Waals surface area contributed by atoms with E-state index in [0.717, 1.165) is 37.1 Å². The molecule has 2 aromatic heterocycles. The van der Waals surface area contributed by atoms with Gasteiger partial charge in [0.05, 0.1) is 5.39 Å². The molecule has 0 spiro atoms. The van der Waals surface area contributed by atoms with E-state index in [1.54, 1.807) is 17.9 Å². The Morgan fingerprint density at radius 2 is 2.27 bits per heavy atom. The minimum Gasteiger partial charge on any atom is -0.477 e. The highest BCUT2D eigenvalue weighted by atomic mass is 32.1. The lowest BCUT2D eigenvalue weighted by Crippen LogP contribution is -2.51. The van der Waals surface area contributed by atoms with Crippen molar-refractivity contribution >= 4 is 27.5 Å². The molecule has 0 saturated carbocycles. The fraction of sp³-hybridized carbons (Fsp3) is 0.533. The molecule has 6 nitrogen and oxygen atoms in total. The molecule has 1 aliphatic rings. The summed E-state index contributed by atoms with van der Waals surface area (Å²) >= 11 is 1.07. The maximum absolute atomic E-state index is 12.8. The van der Waals surface area contributed by atoms with Gasteiger partial charge >= 0.3 is 5.97 Å².